The molecule has 32 heavy (non-hydrogen) atoms. The maximum Gasteiger partial charge on any atom is 0.417 e. The molecule has 170 valence electrons. The van der Waals surface area contributed by atoms with Crippen LogP contribution in [-0.2, 0) is 29.2 Å². The minimum atomic E-state index is -4.82. The maximum atomic E-state index is 14.6. The van der Waals surface area contributed by atoms with Gasteiger partial charge in [-0.2, -0.15) is 13.2 Å². The van der Waals surface area contributed by atoms with Crippen LogP contribution in [0.4, 0.5) is 23.2 Å². The van der Waals surface area contributed by atoms with Crippen LogP contribution in [0.1, 0.15) is 30.7 Å². The van der Waals surface area contributed by atoms with Crippen LogP contribution >= 0.6 is 11.6 Å². The minimum Gasteiger partial charge on any atom is -0.311 e. The average molecular weight is 489 g/mol. The summed E-state index contributed by atoms with van der Waals surface area (Å²) < 4.78 is 83.3. The van der Waals surface area contributed by atoms with Gasteiger partial charge in [0, 0.05) is 18.7 Å². The molecule has 3 aromatic rings. The minimum absolute atomic E-state index is 0.0316. The molecule has 0 radical (unpaired) electrons. The summed E-state index contributed by atoms with van der Waals surface area (Å²) in [5, 5.41) is 7.57. The van der Waals surface area contributed by atoms with Crippen molar-refractivity contribution >= 4 is 27.3 Å². The van der Waals surface area contributed by atoms with Gasteiger partial charge < -0.3 is 4.57 Å². The third-order valence-corrected chi connectivity index (χ3v) is 6.83. The number of rotatable bonds is 4. The summed E-state index contributed by atoms with van der Waals surface area (Å²) in [6.07, 6.45) is -1.28. The summed E-state index contributed by atoms with van der Waals surface area (Å²) in [6, 6.07) is 5.76. The number of aromatic nitrogens is 3. The van der Waals surface area contributed by atoms with E-state index in [2.05, 4.69) is 14.9 Å². The molecule has 0 atom stereocenters. The van der Waals surface area contributed by atoms with E-state index in [-0.39, 0.29) is 17.1 Å². The molecule has 1 N–H and O–H groups in total. The molecular weight excluding hydrogens is 472 g/mol. The molecule has 0 amide bonds. The first-order valence-corrected chi connectivity index (χ1v) is 11.5. The number of fused-ring (bicyclic) bond motifs is 1. The molecule has 0 spiro atoms. The zero-order valence-corrected chi connectivity index (χ0v) is 18.0. The highest BCUT2D eigenvalue weighted by molar-refractivity contribution is 7.92. The molecule has 1 aliphatic heterocycles. The first-order chi connectivity index (χ1) is 15.1. The van der Waals surface area contributed by atoms with Crippen LogP contribution in [0.5, 0.6) is 0 Å². The monoisotopic (exact) mass is 488 g/mol. The summed E-state index contributed by atoms with van der Waals surface area (Å²) in [5.41, 5.74) is -1.26. The van der Waals surface area contributed by atoms with Gasteiger partial charge in [-0.25, -0.2) is 12.8 Å². The topological polar surface area (TPSA) is 76.9 Å². The number of nitrogens with zero attached hydrogens (tertiary/aromatic N) is 3. The van der Waals surface area contributed by atoms with E-state index in [1.807, 2.05) is 0 Å². The van der Waals surface area contributed by atoms with E-state index in [1.165, 1.54) is 12.1 Å². The lowest BCUT2D eigenvalue weighted by Gasteiger charge is -2.13. The van der Waals surface area contributed by atoms with E-state index < -0.39 is 37.5 Å². The van der Waals surface area contributed by atoms with E-state index in [0.717, 1.165) is 43.3 Å². The number of sulfonamides is 1. The second-order valence-electron chi connectivity index (χ2n) is 7.34. The maximum absolute atomic E-state index is 14.6. The first-order valence-electron chi connectivity index (χ1n) is 9.68. The molecule has 12 heteroatoms. The molecule has 0 fully saturated rings. The number of anilines is 1. The standard InChI is InChI=1S/C20H17ClF4N4O2S/c21-16-7-6-13(11-15(16)20(23,24)25)32(30,31)28-12-5-8-17(22)14(10-12)19-27-26-18-4-2-1-3-9-29(18)19/h5-8,10-11,28H,1-4,9H2. The smallest absolute Gasteiger partial charge is 0.311 e. The highest BCUT2D eigenvalue weighted by Crippen LogP contribution is 2.36. The zero-order valence-electron chi connectivity index (χ0n) is 16.5. The van der Waals surface area contributed by atoms with Gasteiger partial charge >= 0.3 is 6.18 Å². The Labute approximate surface area is 186 Å². The fourth-order valence-electron chi connectivity index (χ4n) is 3.55. The Balaban J connectivity index is 1.69. The van der Waals surface area contributed by atoms with E-state index in [9.17, 15) is 26.0 Å². The van der Waals surface area contributed by atoms with Crippen molar-refractivity contribution < 1.29 is 26.0 Å². The van der Waals surface area contributed by atoms with Gasteiger partial charge in [-0.15, -0.1) is 10.2 Å². The van der Waals surface area contributed by atoms with Gasteiger partial charge in [-0.1, -0.05) is 18.0 Å². The summed E-state index contributed by atoms with van der Waals surface area (Å²) in [4.78, 5) is -0.628. The number of aryl methyl sites for hydroxylation is 1. The average Bonchev–Trinajstić information content (AvgIpc) is 2.96. The molecule has 0 aliphatic carbocycles. The highest BCUT2D eigenvalue weighted by atomic mass is 35.5. The van der Waals surface area contributed by atoms with Crippen molar-refractivity contribution in [2.24, 2.45) is 0 Å². The Hall–Kier alpha value is -2.66. The SMILES string of the molecule is O=S(=O)(Nc1ccc(F)c(-c2nnc3n2CCCCC3)c1)c1ccc(Cl)c(C(F)(F)F)c1. The lowest BCUT2D eigenvalue weighted by Crippen LogP contribution is -2.15. The Morgan fingerprint density at radius 1 is 1.03 bits per heavy atom. The number of hydrogen-bond acceptors (Lipinski definition) is 4. The van der Waals surface area contributed by atoms with Crippen LogP contribution in [0, 0.1) is 5.82 Å². The fourth-order valence-corrected chi connectivity index (χ4v) is 4.85. The Morgan fingerprint density at radius 2 is 1.81 bits per heavy atom. The van der Waals surface area contributed by atoms with Crippen molar-refractivity contribution in [1.82, 2.24) is 14.8 Å². The van der Waals surface area contributed by atoms with Crippen LogP contribution in [0.3, 0.4) is 0 Å². The van der Waals surface area contributed by atoms with Crippen LogP contribution < -0.4 is 4.72 Å². The van der Waals surface area contributed by atoms with Gasteiger partial charge in [0.25, 0.3) is 10.0 Å². The van der Waals surface area contributed by atoms with Crippen molar-refractivity contribution in [2.45, 2.75) is 43.3 Å². The molecule has 2 aromatic carbocycles. The molecular formula is C20H17ClF4N4O2S. The zero-order chi connectivity index (χ0) is 23.1. The second-order valence-corrected chi connectivity index (χ2v) is 9.43. The third kappa shape index (κ3) is 4.44. The quantitative estimate of drug-likeness (QED) is 0.507. The number of alkyl halides is 3. The third-order valence-electron chi connectivity index (χ3n) is 5.12. The van der Waals surface area contributed by atoms with Crippen LogP contribution in [0.2, 0.25) is 5.02 Å². The number of halogens is 5. The lowest BCUT2D eigenvalue weighted by atomic mass is 10.1. The highest BCUT2D eigenvalue weighted by Gasteiger charge is 2.34. The van der Waals surface area contributed by atoms with E-state index in [4.69, 9.17) is 11.6 Å². The normalized spacial score (nSPS) is 14.7. The molecule has 0 saturated carbocycles. The largest absolute Gasteiger partial charge is 0.417 e. The van der Waals surface area contributed by atoms with Crippen molar-refractivity contribution in [3.8, 4) is 11.4 Å². The van der Waals surface area contributed by atoms with Gasteiger partial charge in [0.1, 0.15) is 11.6 Å². The van der Waals surface area contributed by atoms with E-state index in [1.54, 1.807) is 4.57 Å². The van der Waals surface area contributed by atoms with Gasteiger partial charge in [0.05, 0.1) is 21.0 Å². The molecule has 0 unspecified atom stereocenters. The fraction of sp³-hybridized carbons (Fsp3) is 0.300. The first kappa shape index (κ1) is 22.5. The predicted molar refractivity (Wildman–Crippen MR) is 110 cm³/mol. The number of nitrogens with one attached hydrogen (secondary N) is 1. The molecule has 1 aromatic heterocycles. The number of hydrogen-bond donors (Lipinski definition) is 1. The van der Waals surface area contributed by atoms with Crippen molar-refractivity contribution in [1.29, 1.82) is 0 Å². The second kappa shape index (κ2) is 8.36. The molecule has 4 rings (SSSR count). The number of benzene rings is 2. The van der Waals surface area contributed by atoms with Gasteiger partial charge in [0.15, 0.2) is 5.82 Å². The molecule has 1 aliphatic rings. The van der Waals surface area contributed by atoms with Crippen molar-refractivity contribution in [3.63, 3.8) is 0 Å². The Kier molecular flexibility index (Phi) is 5.89. The van der Waals surface area contributed by atoms with Crippen LogP contribution in [0.15, 0.2) is 41.3 Å². The van der Waals surface area contributed by atoms with Crippen molar-refractivity contribution in [2.75, 3.05) is 4.72 Å². The molecule has 2 heterocycles. The summed E-state index contributed by atoms with van der Waals surface area (Å²) >= 11 is 5.56. The van der Waals surface area contributed by atoms with E-state index in [0.29, 0.717) is 19.0 Å². The van der Waals surface area contributed by atoms with Crippen molar-refractivity contribution in [3.05, 3.63) is 58.6 Å². The van der Waals surface area contributed by atoms with Crippen LogP contribution in [0.25, 0.3) is 11.4 Å². The molecule has 6 nitrogen and oxygen atoms in total. The Bertz CT molecular complexity index is 1280. The van der Waals surface area contributed by atoms with Crippen LogP contribution in [-0.4, -0.2) is 23.2 Å². The molecule has 0 bridgehead atoms. The summed E-state index contributed by atoms with van der Waals surface area (Å²) in [6.45, 7) is 0.609. The van der Waals surface area contributed by atoms with Gasteiger partial charge in [-0.05, 0) is 49.2 Å². The van der Waals surface area contributed by atoms with Gasteiger partial charge in [0.2, 0.25) is 0 Å². The van der Waals surface area contributed by atoms with Gasteiger partial charge in [-0.3, -0.25) is 4.72 Å². The lowest BCUT2D eigenvalue weighted by molar-refractivity contribution is -0.137. The molecule has 0 saturated heterocycles. The summed E-state index contributed by atoms with van der Waals surface area (Å²) in [7, 11) is -4.41. The predicted octanol–water partition coefficient (Wildman–Crippen LogP) is 5.28. The Morgan fingerprint density at radius 3 is 2.56 bits per heavy atom. The summed E-state index contributed by atoms with van der Waals surface area (Å²) in [5.74, 6) is 0.369. The van der Waals surface area contributed by atoms with E-state index >= 15 is 0 Å².